The fourth-order valence-corrected chi connectivity index (χ4v) is 5.18. The van der Waals surface area contributed by atoms with Crippen molar-refractivity contribution in [2.75, 3.05) is 11.1 Å². The molecule has 10 heteroatoms. The Bertz CT molecular complexity index is 1250. The first kappa shape index (κ1) is 23.9. The lowest BCUT2D eigenvalue weighted by Crippen LogP contribution is -2.14. The quantitative estimate of drug-likeness (QED) is 0.176. The Morgan fingerprint density at radius 1 is 1.09 bits per heavy atom. The highest BCUT2D eigenvalue weighted by Gasteiger charge is 2.15. The molecule has 0 spiro atoms. The van der Waals surface area contributed by atoms with E-state index >= 15 is 0 Å². The van der Waals surface area contributed by atoms with E-state index in [0.717, 1.165) is 31.6 Å². The van der Waals surface area contributed by atoms with E-state index in [-0.39, 0.29) is 11.7 Å². The smallest absolute Gasteiger partial charge is 0.236 e. The van der Waals surface area contributed by atoms with Crippen molar-refractivity contribution >= 4 is 66.0 Å². The molecule has 2 heterocycles. The number of anilines is 1. The molecule has 0 aliphatic heterocycles. The van der Waals surface area contributed by atoms with Gasteiger partial charge in [-0.2, -0.15) is 0 Å². The average Bonchev–Trinajstić information content (AvgIpc) is 3.41. The van der Waals surface area contributed by atoms with E-state index in [1.807, 2.05) is 41.0 Å². The number of carbonyl (C=O) groups excluding carboxylic acids is 1. The van der Waals surface area contributed by atoms with E-state index in [9.17, 15) is 4.79 Å². The van der Waals surface area contributed by atoms with E-state index in [1.165, 1.54) is 28.7 Å². The summed E-state index contributed by atoms with van der Waals surface area (Å²) in [5.41, 5.74) is 2.14. The van der Waals surface area contributed by atoms with Gasteiger partial charge in [0.25, 0.3) is 0 Å². The lowest BCUT2D eigenvalue weighted by molar-refractivity contribution is -0.113. The number of nitrogens with zero attached hydrogens (tertiary/aromatic N) is 4. The van der Waals surface area contributed by atoms with Crippen LogP contribution in [0.15, 0.2) is 81.5 Å². The van der Waals surface area contributed by atoms with Crippen LogP contribution in [0, 0.1) is 0 Å². The first-order valence-electron chi connectivity index (χ1n) is 9.93. The van der Waals surface area contributed by atoms with Gasteiger partial charge in [-0.05, 0) is 29.8 Å². The molecule has 0 saturated heterocycles. The first-order chi connectivity index (χ1) is 16.0. The second-order valence-electron chi connectivity index (χ2n) is 6.98. The number of allylic oxidation sites excluding steroid dienone is 1. The number of benzene rings is 2. The maximum atomic E-state index is 12.5. The highest BCUT2D eigenvalue weighted by molar-refractivity contribution is 9.10. The Morgan fingerprint density at radius 3 is 2.48 bits per heavy atom. The van der Waals surface area contributed by atoms with Crippen LogP contribution in [0.4, 0.5) is 5.13 Å². The van der Waals surface area contributed by atoms with Gasteiger partial charge in [-0.3, -0.25) is 9.36 Å². The number of nitrogens with one attached hydrogen (secondary N) is 1. The Labute approximate surface area is 216 Å². The van der Waals surface area contributed by atoms with Gasteiger partial charge in [0.2, 0.25) is 5.91 Å². The number of carbonyl (C=O) groups is 1. The lowest BCUT2D eigenvalue weighted by Gasteiger charge is -2.08. The van der Waals surface area contributed by atoms with Crippen LogP contribution < -0.4 is 5.32 Å². The Hall–Kier alpha value is -2.27. The number of thioether (sulfide) groups is 1. The summed E-state index contributed by atoms with van der Waals surface area (Å²) in [5.74, 6) is 0.808. The highest BCUT2D eigenvalue weighted by atomic mass is 79.9. The van der Waals surface area contributed by atoms with E-state index in [4.69, 9.17) is 0 Å². The molecule has 0 bridgehead atoms. The summed E-state index contributed by atoms with van der Waals surface area (Å²) in [5, 5.41) is 12.8. The predicted molar refractivity (Wildman–Crippen MR) is 142 cm³/mol. The van der Waals surface area contributed by atoms with Crippen LogP contribution in [0.25, 0.3) is 11.4 Å². The fourth-order valence-electron chi connectivity index (χ4n) is 3.04. The van der Waals surface area contributed by atoms with Crippen LogP contribution in [0.3, 0.4) is 0 Å². The standard InChI is InChI=1S/C23H19Br2N5OS2/c1-2-11-30-21(16-5-9-18(25)10-6-16)28-29-23(30)32-14-20(31)27-22-26-13-19(33-22)12-15-3-7-17(24)8-4-15/h2-10,13H,1,11-12,14H2,(H,26,27,31). The van der Waals surface area contributed by atoms with E-state index < -0.39 is 0 Å². The lowest BCUT2D eigenvalue weighted by atomic mass is 10.1. The maximum absolute atomic E-state index is 12.5. The summed E-state index contributed by atoms with van der Waals surface area (Å²) in [7, 11) is 0. The van der Waals surface area contributed by atoms with Gasteiger partial charge in [0.15, 0.2) is 16.1 Å². The SMILES string of the molecule is C=CCn1c(SCC(=O)Nc2ncc(Cc3ccc(Br)cc3)s2)nnc1-c1ccc(Br)cc1. The van der Waals surface area contributed by atoms with Crippen molar-refractivity contribution in [2.45, 2.75) is 18.1 Å². The van der Waals surface area contributed by atoms with Gasteiger partial charge in [-0.25, -0.2) is 4.98 Å². The number of hydrogen-bond acceptors (Lipinski definition) is 6. The van der Waals surface area contributed by atoms with Gasteiger partial charge in [0, 0.05) is 38.5 Å². The third kappa shape index (κ3) is 6.41. The van der Waals surface area contributed by atoms with Crippen LogP contribution in [-0.2, 0) is 17.8 Å². The topological polar surface area (TPSA) is 72.7 Å². The Kier molecular flexibility index (Phi) is 8.13. The first-order valence-corrected chi connectivity index (χ1v) is 13.3. The average molecular weight is 605 g/mol. The molecule has 2 aromatic heterocycles. The van der Waals surface area contributed by atoms with Crippen LogP contribution in [0.2, 0.25) is 0 Å². The van der Waals surface area contributed by atoms with Crippen LogP contribution >= 0.6 is 55.0 Å². The molecule has 0 radical (unpaired) electrons. The van der Waals surface area contributed by atoms with Crippen molar-refractivity contribution in [1.82, 2.24) is 19.7 Å². The van der Waals surface area contributed by atoms with Crippen molar-refractivity contribution in [3.8, 4) is 11.4 Å². The molecule has 4 aromatic rings. The minimum Gasteiger partial charge on any atom is -0.301 e. The van der Waals surface area contributed by atoms with Crippen molar-refractivity contribution in [3.63, 3.8) is 0 Å². The molecule has 0 aliphatic rings. The van der Waals surface area contributed by atoms with Crippen molar-refractivity contribution < 1.29 is 4.79 Å². The fraction of sp³-hybridized carbons (Fsp3) is 0.130. The van der Waals surface area contributed by atoms with Gasteiger partial charge in [-0.1, -0.05) is 74.0 Å². The van der Waals surface area contributed by atoms with Crippen LogP contribution in [0.5, 0.6) is 0 Å². The molecule has 2 aromatic carbocycles. The van der Waals surface area contributed by atoms with E-state index in [2.05, 4.69) is 71.1 Å². The zero-order valence-corrected chi connectivity index (χ0v) is 22.2. The molecule has 0 unspecified atom stereocenters. The number of rotatable bonds is 9. The highest BCUT2D eigenvalue weighted by Crippen LogP contribution is 2.26. The number of aromatic nitrogens is 4. The third-order valence-electron chi connectivity index (χ3n) is 4.55. The molecule has 168 valence electrons. The number of thiazole rings is 1. The van der Waals surface area contributed by atoms with Crippen LogP contribution in [0.1, 0.15) is 10.4 Å². The predicted octanol–water partition coefficient (Wildman–Crippen LogP) is 6.43. The monoisotopic (exact) mass is 603 g/mol. The normalized spacial score (nSPS) is 10.8. The molecular weight excluding hydrogens is 586 g/mol. The second-order valence-corrected chi connectivity index (χ2v) is 10.9. The molecule has 6 nitrogen and oxygen atoms in total. The van der Waals surface area contributed by atoms with E-state index in [1.54, 1.807) is 12.3 Å². The van der Waals surface area contributed by atoms with Crippen molar-refractivity contribution in [3.05, 3.63) is 86.8 Å². The molecule has 1 N–H and O–H groups in total. The molecule has 0 saturated carbocycles. The molecular formula is C23H19Br2N5OS2. The number of halogens is 2. The summed E-state index contributed by atoms with van der Waals surface area (Å²) in [6.45, 7) is 4.38. The summed E-state index contributed by atoms with van der Waals surface area (Å²) in [4.78, 5) is 17.9. The van der Waals surface area contributed by atoms with Gasteiger partial charge < -0.3 is 5.32 Å². The zero-order valence-electron chi connectivity index (χ0n) is 17.4. The Balaban J connectivity index is 1.37. The molecule has 1 amide bonds. The Morgan fingerprint density at radius 2 is 1.79 bits per heavy atom. The minimum atomic E-state index is -0.136. The van der Waals surface area contributed by atoms with Crippen molar-refractivity contribution in [1.29, 1.82) is 0 Å². The largest absolute Gasteiger partial charge is 0.301 e. The van der Waals surface area contributed by atoms with Gasteiger partial charge >= 0.3 is 0 Å². The zero-order chi connectivity index (χ0) is 23.2. The number of amides is 1. The summed E-state index contributed by atoms with van der Waals surface area (Å²) in [6.07, 6.45) is 4.37. The molecule has 0 atom stereocenters. The van der Waals surface area contributed by atoms with Gasteiger partial charge in [-0.15, -0.1) is 28.1 Å². The second kappa shape index (κ2) is 11.2. The van der Waals surface area contributed by atoms with E-state index in [0.29, 0.717) is 16.8 Å². The third-order valence-corrected chi connectivity index (χ3v) is 7.49. The maximum Gasteiger partial charge on any atom is 0.236 e. The van der Waals surface area contributed by atoms with Crippen molar-refractivity contribution in [2.24, 2.45) is 0 Å². The number of hydrogen-bond donors (Lipinski definition) is 1. The summed E-state index contributed by atoms with van der Waals surface area (Å²) >= 11 is 9.71. The summed E-state index contributed by atoms with van der Waals surface area (Å²) in [6, 6.07) is 16.0. The molecule has 0 fully saturated rings. The molecule has 0 aliphatic carbocycles. The summed E-state index contributed by atoms with van der Waals surface area (Å²) < 4.78 is 4.00. The van der Waals surface area contributed by atoms with Crippen LogP contribution in [-0.4, -0.2) is 31.4 Å². The van der Waals surface area contributed by atoms with Gasteiger partial charge in [0.05, 0.1) is 5.75 Å². The molecule has 33 heavy (non-hydrogen) atoms. The minimum absolute atomic E-state index is 0.136. The molecule has 4 rings (SSSR count). The van der Waals surface area contributed by atoms with Gasteiger partial charge in [0.1, 0.15) is 0 Å².